The molecule has 2 aromatic rings. The third kappa shape index (κ3) is 5.49. The van der Waals surface area contributed by atoms with Crippen molar-refractivity contribution < 1.29 is 31.5 Å². The van der Waals surface area contributed by atoms with Gasteiger partial charge in [-0.2, -0.15) is 0 Å². The van der Waals surface area contributed by atoms with Crippen molar-refractivity contribution in [2.24, 2.45) is 0 Å². The molecule has 1 aromatic heterocycles. The second-order valence-electron chi connectivity index (χ2n) is 7.95. The number of halogens is 2. The maximum atomic E-state index is 12.2. The Morgan fingerprint density at radius 2 is 1.94 bits per heavy atom. The molecule has 0 radical (unpaired) electrons. The fourth-order valence-corrected chi connectivity index (χ4v) is 4.61. The van der Waals surface area contributed by atoms with Crippen molar-refractivity contribution in [2.45, 2.75) is 36.7 Å². The van der Waals surface area contributed by atoms with Crippen LogP contribution in [0.3, 0.4) is 0 Å². The minimum Gasteiger partial charge on any atom is -0.474 e. The maximum Gasteiger partial charge on any atom is 0.409 e. The van der Waals surface area contributed by atoms with Crippen molar-refractivity contribution in [2.75, 3.05) is 37.4 Å². The zero-order chi connectivity index (χ0) is 23.6. The van der Waals surface area contributed by atoms with Crippen LogP contribution in [0.25, 0.3) is 0 Å². The van der Waals surface area contributed by atoms with E-state index in [1.807, 2.05) is 4.90 Å². The lowest BCUT2D eigenvalue weighted by molar-refractivity contribution is 0.0216. The summed E-state index contributed by atoms with van der Waals surface area (Å²) < 4.78 is 58.6. The number of fused-ring (bicyclic) bond motifs is 1. The number of carbonyl (C=O) groups is 1. The van der Waals surface area contributed by atoms with Crippen LogP contribution < -0.4 is 9.64 Å². The van der Waals surface area contributed by atoms with E-state index in [1.165, 1.54) is 17.5 Å². The van der Waals surface area contributed by atoms with Crippen LogP contribution >= 0.6 is 0 Å². The molecule has 2 aliphatic rings. The Morgan fingerprint density at radius 3 is 2.64 bits per heavy atom. The molecule has 4 rings (SSSR count). The first-order chi connectivity index (χ1) is 15.7. The molecule has 2 aliphatic heterocycles. The Morgan fingerprint density at radius 1 is 1.18 bits per heavy atom. The van der Waals surface area contributed by atoms with Gasteiger partial charge in [-0.3, -0.25) is 0 Å². The summed E-state index contributed by atoms with van der Waals surface area (Å²) >= 11 is 0. The first kappa shape index (κ1) is 23.1. The van der Waals surface area contributed by atoms with E-state index >= 15 is 0 Å². The van der Waals surface area contributed by atoms with Crippen LogP contribution in [0, 0.1) is 0 Å². The molecule has 1 saturated heterocycles. The van der Waals surface area contributed by atoms with Gasteiger partial charge in [0.2, 0.25) is 5.88 Å². The normalized spacial score (nSPS) is 16.7. The first-order valence-electron chi connectivity index (χ1n) is 10.5. The van der Waals surface area contributed by atoms with Crippen molar-refractivity contribution >= 4 is 27.4 Å². The average molecular weight is 483 g/mol. The van der Waals surface area contributed by atoms with Gasteiger partial charge in [0, 0.05) is 50.5 Å². The first-order valence-corrected chi connectivity index (χ1v) is 12.4. The SMILES string of the molecule is CS(=O)(=O)c1ccc2c(c1)CCN2c1cc(OC2CCN(C(=O)OCC(F)F)CC2)ncn1. The number of nitrogens with zero attached hydrogens (tertiary/aromatic N) is 4. The van der Waals surface area contributed by atoms with Gasteiger partial charge in [-0.15, -0.1) is 0 Å². The van der Waals surface area contributed by atoms with Crippen molar-refractivity contribution in [1.82, 2.24) is 14.9 Å². The molecule has 1 fully saturated rings. The number of piperidine rings is 1. The number of aromatic nitrogens is 2. The summed E-state index contributed by atoms with van der Waals surface area (Å²) in [7, 11) is -3.28. The van der Waals surface area contributed by atoms with Crippen LogP contribution in [0.4, 0.5) is 25.1 Å². The van der Waals surface area contributed by atoms with E-state index in [2.05, 4.69) is 14.7 Å². The average Bonchev–Trinajstić information content (AvgIpc) is 3.21. The van der Waals surface area contributed by atoms with Gasteiger partial charge in [-0.05, 0) is 30.2 Å². The van der Waals surface area contributed by atoms with Crippen LogP contribution in [0.1, 0.15) is 18.4 Å². The molecule has 0 atom stereocenters. The number of ether oxygens (including phenoxy) is 2. The van der Waals surface area contributed by atoms with Gasteiger partial charge in [0.15, 0.2) is 16.4 Å². The van der Waals surface area contributed by atoms with E-state index in [4.69, 9.17) is 4.74 Å². The van der Waals surface area contributed by atoms with E-state index in [0.717, 1.165) is 11.3 Å². The van der Waals surface area contributed by atoms with Crippen molar-refractivity contribution in [1.29, 1.82) is 0 Å². The number of anilines is 2. The topological polar surface area (TPSA) is 102 Å². The van der Waals surface area contributed by atoms with Crippen molar-refractivity contribution in [3.63, 3.8) is 0 Å². The molecule has 33 heavy (non-hydrogen) atoms. The van der Waals surface area contributed by atoms with Crippen molar-refractivity contribution in [3.05, 3.63) is 36.2 Å². The Kier molecular flexibility index (Phi) is 6.63. The molecular formula is C21H24F2N4O5S. The molecule has 3 heterocycles. The van der Waals surface area contributed by atoms with Crippen LogP contribution in [-0.2, 0) is 21.0 Å². The molecule has 0 spiro atoms. The molecule has 12 heteroatoms. The summed E-state index contributed by atoms with van der Waals surface area (Å²) in [6.07, 6.45) is 0.704. The van der Waals surface area contributed by atoms with Gasteiger partial charge in [-0.1, -0.05) is 0 Å². The smallest absolute Gasteiger partial charge is 0.409 e. The lowest BCUT2D eigenvalue weighted by atomic mass is 10.1. The van der Waals surface area contributed by atoms with Crippen LogP contribution in [-0.4, -0.2) is 74.4 Å². The van der Waals surface area contributed by atoms with Gasteiger partial charge in [0.25, 0.3) is 6.43 Å². The van der Waals surface area contributed by atoms with Crippen LogP contribution in [0.2, 0.25) is 0 Å². The largest absolute Gasteiger partial charge is 0.474 e. The predicted octanol–water partition coefficient (Wildman–Crippen LogP) is 2.82. The molecule has 1 amide bonds. The minimum atomic E-state index is -3.28. The third-order valence-corrected chi connectivity index (χ3v) is 6.71. The summed E-state index contributed by atoms with van der Waals surface area (Å²) in [5, 5.41) is 0. The molecule has 0 aliphatic carbocycles. The number of amides is 1. The predicted molar refractivity (Wildman–Crippen MR) is 115 cm³/mol. The number of carbonyl (C=O) groups excluding carboxylic acids is 1. The highest BCUT2D eigenvalue weighted by Crippen LogP contribution is 2.35. The summed E-state index contributed by atoms with van der Waals surface area (Å²) in [6, 6.07) is 6.79. The Balaban J connectivity index is 1.38. The molecule has 9 nitrogen and oxygen atoms in total. The number of benzene rings is 1. The summed E-state index contributed by atoms with van der Waals surface area (Å²) in [5.74, 6) is 1.03. The number of likely N-dealkylation sites (tertiary alicyclic amines) is 1. The number of hydrogen-bond acceptors (Lipinski definition) is 8. The highest BCUT2D eigenvalue weighted by atomic mass is 32.2. The van der Waals surface area contributed by atoms with E-state index in [-0.39, 0.29) is 6.10 Å². The van der Waals surface area contributed by atoms with Crippen molar-refractivity contribution in [3.8, 4) is 5.88 Å². The maximum absolute atomic E-state index is 12.2. The molecule has 0 saturated carbocycles. The highest BCUT2D eigenvalue weighted by molar-refractivity contribution is 7.90. The van der Waals surface area contributed by atoms with Crippen LogP contribution in [0.15, 0.2) is 35.5 Å². The number of alkyl halides is 2. The highest BCUT2D eigenvalue weighted by Gasteiger charge is 2.27. The summed E-state index contributed by atoms with van der Waals surface area (Å²) in [6.45, 7) is 0.423. The number of rotatable bonds is 6. The second kappa shape index (κ2) is 9.46. The van der Waals surface area contributed by atoms with Gasteiger partial charge in [0.1, 0.15) is 18.2 Å². The quantitative estimate of drug-likeness (QED) is 0.620. The second-order valence-corrected chi connectivity index (χ2v) is 9.97. The Labute approximate surface area is 190 Å². The van der Waals surface area contributed by atoms with E-state index in [1.54, 1.807) is 24.3 Å². The lowest BCUT2D eigenvalue weighted by Crippen LogP contribution is -2.42. The zero-order valence-electron chi connectivity index (χ0n) is 18.0. The molecule has 178 valence electrons. The summed E-state index contributed by atoms with van der Waals surface area (Å²) in [5.41, 5.74) is 1.83. The van der Waals surface area contributed by atoms with E-state index < -0.39 is 29.0 Å². The van der Waals surface area contributed by atoms with E-state index in [9.17, 15) is 22.0 Å². The fourth-order valence-electron chi connectivity index (χ4n) is 3.94. The molecule has 0 unspecified atom stereocenters. The lowest BCUT2D eigenvalue weighted by Gasteiger charge is -2.31. The summed E-state index contributed by atoms with van der Waals surface area (Å²) in [4.78, 5) is 24.0. The monoisotopic (exact) mass is 482 g/mol. The fraction of sp³-hybridized carbons (Fsp3) is 0.476. The molecular weight excluding hydrogens is 458 g/mol. The van der Waals surface area contributed by atoms with E-state index in [0.29, 0.717) is 55.5 Å². The Hall–Kier alpha value is -3.02. The van der Waals surface area contributed by atoms with Gasteiger partial charge >= 0.3 is 6.09 Å². The molecule has 0 N–H and O–H groups in total. The minimum absolute atomic E-state index is 0.185. The Bertz CT molecular complexity index is 1120. The van der Waals surface area contributed by atoms with Gasteiger partial charge in [-0.25, -0.2) is 32.0 Å². The number of hydrogen-bond donors (Lipinski definition) is 0. The van der Waals surface area contributed by atoms with Gasteiger partial charge < -0.3 is 19.3 Å². The third-order valence-electron chi connectivity index (χ3n) is 5.60. The molecule has 1 aromatic carbocycles. The standard InChI is InChI=1S/C21H24F2N4O5S/c1-33(29,30)16-2-3-17-14(10-16)4-9-27(17)19-11-20(25-13-24-19)32-15-5-7-26(8-6-15)21(28)31-12-18(22)23/h2-3,10-11,13,15,18H,4-9,12H2,1H3. The van der Waals surface area contributed by atoms with Gasteiger partial charge in [0.05, 0.1) is 4.90 Å². The zero-order valence-corrected chi connectivity index (χ0v) is 18.8. The van der Waals surface area contributed by atoms with Crippen LogP contribution in [0.5, 0.6) is 5.88 Å². The molecule has 0 bridgehead atoms. The number of sulfone groups is 1.